The van der Waals surface area contributed by atoms with Crippen molar-refractivity contribution in [1.82, 2.24) is 15.5 Å². The summed E-state index contributed by atoms with van der Waals surface area (Å²) >= 11 is 0. The molecular formula is C22H31FN4. The molecule has 0 fully saturated rings. The van der Waals surface area contributed by atoms with Gasteiger partial charge in [-0.05, 0) is 50.2 Å². The van der Waals surface area contributed by atoms with Crippen LogP contribution in [0, 0.1) is 5.82 Å². The van der Waals surface area contributed by atoms with Crippen LogP contribution < -0.4 is 10.6 Å². The molecule has 27 heavy (non-hydrogen) atoms. The molecule has 2 aromatic rings. The van der Waals surface area contributed by atoms with E-state index in [4.69, 9.17) is 0 Å². The van der Waals surface area contributed by atoms with Crippen molar-refractivity contribution in [2.75, 3.05) is 27.2 Å². The highest BCUT2D eigenvalue weighted by Crippen LogP contribution is 2.14. The molecule has 0 saturated heterocycles. The van der Waals surface area contributed by atoms with Crippen LogP contribution in [0.4, 0.5) is 4.39 Å². The van der Waals surface area contributed by atoms with Gasteiger partial charge in [0.2, 0.25) is 0 Å². The number of rotatable bonds is 8. The lowest BCUT2D eigenvalue weighted by Gasteiger charge is -2.16. The normalized spacial score (nSPS) is 12.9. The second kappa shape index (κ2) is 10.7. The highest BCUT2D eigenvalue weighted by atomic mass is 19.1. The second-order valence-electron chi connectivity index (χ2n) is 7.05. The van der Waals surface area contributed by atoms with Crippen molar-refractivity contribution in [2.45, 2.75) is 32.9 Å². The summed E-state index contributed by atoms with van der Waals surface area (Å²) in [6.07, 6.45) is 0. The largest absolute Gasteiger partial charge is 0.357 e. The number of hydrogen-bond acceptors (Lipinski definition) is 2. The number of hydrogen-bond donors (Lipinski definition) is 2. The Bertz CT molecular complexity index is 728. The average molecular weight is 371 g/mol. The molecule has 0 radical (unpaired) electrons. The molecule has 0 aromatic heterocycles. The number of aliphatic imine (C=N–C) groups is 1. The van der Waals surface area contributed by atoms with Gasteiger partial charge in [-0.1, -0.05) is 43.3 Å². The maximum atomic E-state index is 13.9. The Morgan fingerprint density at radius 3 is 2.52 bits per heavy atom. The number of guanidine groups is 1. The van der Waals surface area contributed by atoms with E-state index in [1.54, 1.807) is 6.07 Å². The Morgan fingerprint density at radius 2 is 1.85 bits per heavy atom. The molecule has 1 atom stereocenters. The molecule has 1 unspecified atom stereocenters. The molecule has 0 aliphatic carbocycles. The van der Waals surface area contributed by atoms with Crippen LogP contribution in [0.1, 0.15) is 36.5 Å². The Hall–Kier alpha value is -2.40. The molecule has 0 spiro atoms. The first-order chi connectivity index (χ1) is 13.0. The quantitative estimate of drug-likeness (QED) is 0.549. The van der Waals surface area contributed by atoms with Gasteiger partial charge in [0.1, 0.15) is 5.82 Å². The van der Waals surface area contributed by atoms with Crippen molar-refractivity contribution in [1.29, 1.82) is 0 Å². The van der Waals surface area contributed by atoms with Gasteiger partial charge in [-0.3, -0.25) is 0 Å². The highest BCUT2D eigenvalue weighted by molar-refractivity contribution is 5.79. The first kappa shape index (κ1) is 20.9. The molecular weight excluding hydrogens is 339 g/mol. The predicted octanol–water partition coefficient (Wildman–Crippen LogP) is 3.75. The minimum absolute atomic E-state index is 0.168. The van der Waals surface area contributed by atoms with E-state index in [0.29, 0.717) is 24.6 Å². The van der Waals surface area contributed by atoms with Crippen LogP contribution in [0.5, 0.6) is 0 Å². The van der Waals surface area contributed by atoms with Gasteiger partial charge in [0.05, 0.1) is 6.54 Å². The van der Waals surface area contributed by atoms with Gasteiger partial charge >= 0.3 is 0 Å². The summed E-state index contributed by atoms with van der Waals surface area (Å²) in [5.41, 5.74) is 3.00. The Labute approximate surface area is 162 Å². The molecule has 0 heterocycles. The predicted molar refractivity (Wildman–Crippen MR) is 111 cm³/mol. The molecule has 2 aromatic carbocycles. The first-order valence-corrected chi connectivity index (χ1v) is 9.48. The topological polar surface area (TPSA) is 39.7 Å². The summed E-state index contributed by atoms with van der Waals surface area (Å²) in [5, 5.41) is 6.68. The van der Waals surface area contributed by atoms with E-state index in [2.05, 4.69) is 46.8 Å². The molecule has 146 valence electrons. The summed E-state index contributed by atoms with van der Waals surface area (Å²) in [5.74, 6) is 0.990. The number of nitrogens with one attached hydrogen (secondary N) is 2. The van der Waals surface area contributed by atoms with Crippen LogP contribution in [-0.4, -0.2) is 38.0 Å². The van der Waals surface area contributed by atoms with Crippen molar-refractivity contribution < 1.29 is 4.39 Å². The smallest absolute Gasteiger partial charge is 0.191 e. The highest BCUT2D eigenvalue weighted by Gasteiger charge is 2.07. The standard InChI is InChI=1S/C22H31FN4/c1-5-24-22(25-14-17(2)19-9-7-6-8-10-19)26-15-18-11-12-21(23)20(13-18)16-27(3)4/h6-13,17H,5,14-16H2,1-4H3,(H2,24,25,26). The zero-order chi connectivity index (χ0) is 19.6. The summed E-state index contributed by atoms with van der Waals surface area (Å²) in [4.78, 5) is 6.62. The summed E-state index contributed by atoms with van der Waals surface area (Å²) in [7, 11) is 3.87. The van der Waals surface area contributed by atoms with Crippen molar-refractivity contribution in [3.8, 4) is 0 Å². The molecule has 0 saturated carbocycles. The summed E-state index contributed by atoms with van der Waals surface area (Å²) < 4.78 is 13.9. The lowest BCUT2D eigenvalue weighted by Crippen LogP contribution is -2.39. The molecule has 0 amide bonds. The van der Waals surface area contributed by atoms with Crippen LogP contribution in [0.25, 0.3) is 0 Å². The summed E-state index contributed by atoms with van der Waals surface area (Å²) in [6.45, 7) is 6.92. The number of nitrogens with zero attached hydrogens (tertiary/aromatic N) is 2. The van der Waals surface area contributed by atoms with E-state index >= 15 is 0 Å². The zero-order valence-electron chi connectivity index (χ0n) is 16.8. The van der Waals surface area contributed by atoms with E-state index in [9.17, 15) is 4.39 Å². The fraction of sp³-hybridized carbons (Fsp3) is 0.409. The van der Waals surface area contributed by atoms with Crippen LogP contribution in [-0.2, 0) is 13.1 Å². The van der Waals surface area contributed by atoms with Crippen LogP contribution in [0.2, 0.25) is 0 Å². The van der Waals surface area contributed by atoms with Gasteiger partial charge in [0, 0.05) is 25.2 Å². The minimum atomic E-state index is -0.168. The maximum absolute atomic E-state index is 13.9. The molecule has 2 rings (SSSR count). The SMILES string of the molecule is CCNC(=NCc1ccc(F)c(CN(C)C)c1)NCC(C)c1ccccc1. The summed E-state index contributed by atoms with van der Waals surface area (Å²) in [6, 6.07) is 15.7. The lowest BCUT2D eigenvalue weighted by atomic mass is 10.0. The zero-order valence-corrected chi connectivity index (χ0v) is 16.8. The van der Waals surface area contributed by atoms with Crippen molar-refractivity contribution >= 4 is 5.96 Å². The van der Waals surface area contributed by atoms with Crippen molar-refractivity contribution in [2.24, 2.45) is 4.99 Å². The molecule has 2 N–H and O–H groups in total. The first-order valence-electron chi connectivity index (χ1n) is 9.48. The van der Waals surface area contributed by atoms with Crippen LogP contribution >= 0.6 is 0 Å². The van der Waals surface area contributed by atoms with E-state index in [0.717, 1.165) is 24.6 Å². The number of benzene rings is 2. The van der Waals surface area contributed by atoms with Gasteiger partial charge in [-0.15, -0.1) is 0 Å². The Morgan fingerprint density at radius 1 is 1.11 bits per heavy atom. The second-order valence-corrected chi connectivity index (χ2v) is 7.05. The van der Waals surface area contributed by atoms with E-state index < -0.39 is 0 Å². The molecule has 0 aliphatic heterocycles. The molecule has 0 aliphatic rings. The van der Waals surface area contributed by atoms with E-state index in [1.165, 1.54) is 11.6 Å². The molecule has 0 bridgehead atoms. The molecule has 4 nitrogen and oxygen atoms in total. The van der Waals surface area contributed by atoms with Crippen molar-refractivity contribution in [3.63, 3.8) is 0 Å². The fourth-order valence-electron chi connectivity index (χ4n) is 2.85. The third kappa shape index (κ3) is 7.02. The number of halogens is 1. The average Bonchev–Trinajstić information content (AvgIpc) is 2.66. The van der Waals surface area contributed by atoms with Gasteiger partial charge in [0.25, 0.3) is 0 Å². The van der Waals surface area contributed by atoms with E-state index in [1.807, 2.05) is 38.1 Å². The lowest BCUT2D eigenvalue weighted by molar-refractivity contribution is 0.392. The van der Waals surface area contributed by atoms with Gasteiger partial charge in [0.15, 0.2) is 5.96 Å². The van der Waals surface area contributed by atoms with Gasteiger partial charge in [-0.2, -0.15) is 0 Å². The maximum Gasteiger partial charge on any atom is 0.191 e. The van der Waals surface area contributed by atoms with Crippen LogP contribution in [0.3, 0.4) is 0 Å². The van der Waals surface area contributed by atoms with Gasteiger partial charge in [-0.25, -0.2) is 9.38 Å². The Kier molecular flexibility index (Phi) is 8.27. The van der Waals surface area contributed by atoms with Crippen molar-refractivity contribution in [3.05, 3.63) is 71.0 Å². The van der Waals surface area contributed by atoms with Crippen LogP contribution in [0.15, 0.2) is 53.5 Å². The molecule has 5 heteroatoms. The third-order valence-electron chi connectivity index (χ3n) is 4.30. The fourth-order valence-corrected chi connectivity index (χ4v) is 2.85. The van der Waals surface area contributed by atoms with Gasteiger partial charge < -0.3 is 15.5 Å². The third-order valence-corrected chi connectivity index (χ3v) is 4.30. The Balaban J connectivity index is 2.00. The monoisotopic (exact) mass is 370 g/mol. The van der Waals surface area contributed by atoms with E-state index in [-0.39, 0.29) is 5.82 Å². The minimum Gasteiger partial charge on any atom is -0.357 e.